The Balaban J connectivity index is 3.28. The molecule has 0 N–H and O–H groups in total. The maximum absolute atomic E-state index is 2.38. The van der Waals surface area contributed by atoms with Crippen molar-refractivity contribution in [1.82, 2.24) is 0 Å². The van der Waals surface area contributed by atoms with Crippen LogP contribution in [-0.4, -0.2) is 7.28 Å². The molecule has 0 bridgehead atoms. The average Bonchev–Trinajstić information content (AvgIpc) is 2.36. The Hall–Kier alpha value is 0.0649. The lowest BCUT2D eigenvalue weighted by molar-refractivity contribution is 0.540. The van der Waals surface area contributed by atoms with Crippen LogP contribution in [0.2, 0.25) is 12.6 Å². The van der Waals surface area contributed by atoms with Crippen molar-refractivity contribution >= 4 is 7.28 Å². The van der Waals surface area contributed by atoms with E-state index in [4.69, 9.17) is 0 Å². The predicted molar refractivity (Wildman–Crippen MR) is 83.5 cm³/mol. The van der Waals surface area contributed by atoms with Crippen LogP contribution in [0.1, 0.15) is 90.9 Å². The molecule has 0 aliphatic heterocycles. The third-order valence-corrected chi connectivity index (χ3v) is 4.01. The molecule has 0 saturated carbocycles. The van der Waals surface area contributed by atoms with Gasteiger partial charge in [0.2, 0.25) is 0 Å². The molecular formula is C16H35B. The number of hydrogen-bond donors (Lipinski definition) is 0. The lowest BCUT2D eigenvalue weighted by atomic mass is 9.63. The molecule has 0 fully saturated rings. The lowest BCUT2D eigenvalue weighted by Gasteiger charge is -2.13. The van der Waals surface area contributed by atoms with E-state index in [-0.39, 0.29) is 0 Å². The Morgan fingerprint density at radius 3 is 1.53 bits per heavy atom. The van der Waals surface area contributed by atoms with Gasteiger partial charge in [-0.2, -0.15) is 0 Å². The van der Waals surface area contributed by atoms with Crippen LogP contribution < -0.4 is 0 Å². The van der Waals surface area contributed by atoms with Crippen molar-refractivity contribution in [3.05, 3.63) is 0 Å². The van der Waals surface area contributed by atoms with Crippen LogP contribution in [-0.2, 0) is 0 Å². The van der Waals surface area contributed by atoms with Crippen LogP contribution in [0.5, 0.6) is 0 Å². The number of hydrogen-bond acceptors (Lipinski definition) is 0. The summed E-state index contributed by atoms with van der Waals surface area (Å²) in [5, 5.41) is 0. The minimum Gasteiger partial charge on any atom is -0.0891 e. The summed E-state index contributed by atoms with van der Waals surface area (Å²) in [6.45, 7) is 6.97. The molecule has 0 heterocycles. The first-order chi connectivity index (χ1) is 8.35. The Morgan fingerprint density at radius 2 is 1.06 bits per heavy atom. The smallest absolute Gasteiger partial charge is 0.0891 e. The van der Waals surface area contributed by atoms with Gasteiger partial charge < -0.3 is 0 Å². The zero-order chi connectivity index (χ0) is 12.8. The van der Waals surface area contributed by atoms with Crippen molar-refractivity contribution < 1.29 is 0 Å². The van der Waals surface area contributed by atoms with E-state index in [0.29, 0.717) is 0 Å². The predicted octanol–water partition coefficient (Wildman–Crippen LogP) is 5.98. The molecule has 0 aromatic carbocycles. The van der Waals surface area contributed by atoms with Gasteiger partial charge in [0, 0.05) is 0 Å². The van der Waals surface area contributed by atoms with Crippen molar-refractivity contribution in [2.75, 3.05) is 0 Å². The fraction of sp³-hybridized carbons (Fsp3) is 1.00. The van der Waals surface area contributed by atoms with Crippen molar-refractivity contribution in [1.29, 1.82) is 0 Å². The molecule has 0 saturated heterocycles. The summed E-state index contributed by atoms with van der Waals surface area (Å²) < 4.78 is 0. The van der Waals surface area contributed by atoms with Crippen LogP contribution in [0.4, 0.5) is 0 Å². The van der Waals surface area contributed by atoms with Crippen molar-refractivity contribution in [3.63, 3.8) is 0 Å². The SMILES string of the molecule is CBC(CCCCCC)CCCCCCCC. The summed E-state index contributed by atoms with van der Waals surface area (Å²) in [6, 6.07) is 0. The minimum atomic E-state index is 1.03. The van der Waals surface area contributed by atoms with Gasteiger partial charge in [-0.25, -0.2) is 0 Å². The first-order valence-electron chi connectivity index (χ1n) is 8.35. The second-order valence-corrected chi connectivity index (χ2v) is 5.68. The van der Waals surface area contributed by atoms with Gasteiger partial charge in [0.25, 0.3) is 0 Å². The number of rotatable bonds is 13. The third kappa shape index (κ3) is 12.3. The fourth-order valence-electron chi connectivity index (χ4n) is 2.63. The molecule has 0 rings (SSSR count). The Kier molecular flexibility index (Phi) is 14.2. The zero-order valence-electron chi connectivity index (χ0n) is 12.8. The van der Waals surface area contributed by atoms with Gasteiger partial charge in [-0.1, -0.05) is 104 Å². The largest absolute Gasteiger partial charge is 0.120 e. The topological polar surface area (TPSA) is 0 Å². The van der Waals surface area contributed by atoms with Gasteiger partial charge in [-0.3, -0.25) is 0 Å². The van der Waals surface area contributed by atoms with E-state index < -0.39 is 0 Å². The second kappa shape index (κ2) is 14.1. The highest BCUT2D eigenvalue weighted by Gasteiger charge is 2.06. The summed E-state index contributed by atoms with van der Waals surface area (Å²) in [4.78, 5) is 0. The lowest BCUT2D eigenvalue weighted by Crippen LogP contribution is -2.00. The summed E-state index contributed by atoms with van der Waals surface area (Å²) in [6.07, 6.45) is 17.4. The first-order valence-corrected chi connectivity index (χ1v) is 8.35. The van der Waals surface area contributed by atoms with Crippen molar-refractivity contribution in [2.45, 2.75) is 104 Å². The number of unbranched alkanes of at least 4 members (excludes halogenated alkanes) is 8. The zero-order valence-corrected chi connectivity index (χ0v) is 12.8. The molecule has 0 aliphatic rings. The van der Waals surface area contributed by atoms with E-state index in [1.807, 2.05) is 0 Å². The van der Waals surface area contributed by atoms with Crippen LogP contribution >= 0.6 is 0 Å². The highest BCUT2D eigenvalue weighted by atomic mass is 14.0. The van der Waals surface area contributed by atoms with E-state index in [2.05, 4.69) is 20.7 Å². The second-order valence-electron chi connectivity index (χ2n) is 5.68. The normalized spacial score (nSPS) is 12.6. The summed E-state index contributed by atoms with van der Waals surface area (Å²) in [7, 11) is 1.40. The molecule has 0 aliphatic carbocycles. The monoisotopic (exact) mass is 238 g/mol. The standard InChI is InChI=1S/C16H35B/c1-4-6-8-10-11-13-15-16(17-3)14-12-9-7-5-2/h16-17H,4-15H2,1-3H3. The molecule has 0 aromatic heterocycles. The molecule has 0 aromatic rings. The van der Waals surface area contributed by atoms with Gasteiger partial charge in [0.1, 0.15) is 7.28 Å². The highest BCUT2D eigenvalue weighted by molar-refractivity contribution is 6.35. The maximum atomic E-state index is 2.38. The van der Waals surface area contributed by atoms with Crippen LogP contribution in [0, 0.1) is 0 Å². The summed E-state index contributed by atoms with van der Waals surface area (Å²) >= 11 is 0. The van der Waals surface area contributed by atoms with Gasteiger partial charge in [0.05, 0.1) is 0 Å². The molecule has 1 unspecified atom stereocenters. The first kappa shape index (κ1) is 17.1. The molecule has 102 valence electrons. The van der Waals surface area contributed by atoms with Gasteiger partial charge in [-0.05, 0) is 0 Å². The van der Waals surface area contributed by atoms with Crippen molar-refractivity contribution in [3.8, 4) is 0 Å². The quantitative estimate of drug-likeness (QED) is 0.273. The fourth-order valence-corrected chi connectivity index (χ4v) is 2.63. The van der Waals surface area contributed by atoms with Gasteiger partial charge in [0.15, 0.2) is 0 Å². The highest BCUT2D eigenvalue weighted by Crippen LogP contribution is 2.22. The molecule has 1 atom stereocenters. The van der Waals surface area contributed by atoms with E-state index in [1.165, 1.54) is 84.3 Å². The van der Waals surface area contributed by atoms with Gasteiger partial charge in [-0.15, -0.1) is 0 Å². The molecular weight excluding hydrogens is 203 g/mol. The van der Waals surface area contributed by atoms with E-state index in [0.717, 1.165) is 5.82 Å². The average molecular weight is 238 g/mol. The van der Waals surface area contributed by atoms with Gasteiger partial charge >= 0.3 is 0 Å². The van der Waals surface area contributed by atoms with E-state index in [9.17, 15) is 0 Å². The molecule has 0 amide bonds. The Morgan fingerprint density at radius 1 is 0.647 bits per heavy atom. The third-order valence-electron chi connectivity index (χ3n) is 4.01. The molecule has 1 heteroatoms. The molecule has 0 spiro atoms. The minimum absolute atomic E-state index is 1.03. The summed E-state index contributed by atoms with van der Waals surface area (Å²) in [5.41, 5.74) is 0. The molecule has 0 radical (unpaired) electrons. The van der Waals surface area contributed by atoms with Crippen LogP contribution in [0.3, 0.4) is 0 Å². The summed E-state index contributed by atoms with van der Waals surface area (Å²) in [5.74, 6) is 1.03. The van der Waals surface area contributed by atoms with Crippen molar-refractivity contribution in [2.24, 2.45) is 0 Å². The maximum Gasteiger partial charge on any atom is 0.120 e. The van der Waals surface area contributed by atoms with E-state index in [1.54, 1.807) is 0 Å². The van der Waals surface area contributed by atoms with Crippen LogP contribution in [0.15, 0.2) is 0 Å². The molecule has 17 heavy (non-hydrogen) atoms. The van der Waals surface area contributed by atoms with E-state index >= 15 is 0 Å². The van der Waals surface area contributed by atoms with Crippen LogP contribution in [0.25, 0.3) is 0 Å². The Labute approximate surface area is 111 Å². The Bertz CT molecular complexity index is 133. The molecule has 0 nitrogen and oxygen atoms in total.